The van der Waals surface area contributed by atoms with E-state index < -0.39 is 11.6 Å². The molecule has 1 aromatic rings. The molecule has 0 aliphatic rings. The molecule has 0 unspecified atom stereocenters. The van der Waals surface area contributed by atoms with Crippen molar-refractivity contribution in [1.82, 2.24) is 14.8 Å². The largest absolute Gasteiger partial charge is 0.460 e. The van der Waals surface area contributed by atoms with Gasteiger partial charge in [-0.15, -0.1) is 5.10 Å². The lowest BCUT2D eigenvalue weighted by Gasteiger charge is -2.19. The Morgan fingerprint density at radius 1 is 1.22 bits per heavy atom. The lowest BCUT2D eigenvalue weighted by molar-refractivity contribution is -0.154. The number of nitrogens with zero attached hydrogens (tertiary/aromatic N) is 3. The van der Waals surface area contributed by atoms with Crippen molar-refractivity contribution in [2.24, 2.45) is 0 Å². The van der Waals surface area contributed by atoms with E-state index in [0.717, 1.165) is 6.42 Å². The predicted molar refractivity (Wildman–Crippen MR) is 85.1 cm³/mol. The number of esters is 2. The average molecular weight is 325 g/mol. The summed E-state index contributed by atoms with van der Waals surface area (Å²) < 4.78 is 11.9. The molecule has 0 aliphatic heterocycles. The number of ether oxygens (including phenoxy) is 2. The highest BCUT2D eigenvalue weighted by Gasteiger charge is 2.19. The summed E-state index contributed by atoms with van der Waals surface area (Å²) in [5.41, 5.74) is -0.476. The minimum absolute atomic E-state index is 0.0765. The van der Waals surface area contributed by atoms with E-state index in [0.29, 0.717) is 31.6 Å². The van der Waals surface area contributed by atoms with E-state index in [9.17, 15) is 9.59 Å². The molecule has 0 aromatic carbocycles. The topological polar surface area (TPSA) is 83.3 Å². The Bertz CT molecular complexity index is 532. The van der Waals surface area contributed by atoms with Gasteiger partial charge in [-0.3, -0.25) is 4.79 Å². The first-order valence-electron chi connectivity index (χ1n) is 8.09. The van der Waals surface area contributed by atoms with Crippen molar-refractivity contribution in [1.29, 1.82) is 0 Å². The van der Waals surface area contributed by atoms with E-state index in [1.807, 2.05) is 27.7 Å². The lowest BCUT2D eigenvalue weighted by atomic mass is 10.2. The first-order chi connectivity index (χ1) is 10.8. The molecule has 0 amide bonds. The molecule has 0 N–H and O–H groups in total. The molecule has 7 heteroatoms. The van der Waals surface area contributed by atoms with Crippen LogP contribution in [0.3, 0.4) is 0 Å². The highest BCUT2D eigenvalue weighted by atomic mass is 16.6. The fourth-order valence-electron chi connectivity index (χ4n) is 2.02. The van der Waals surface area contributed by atoms with Crippen LogP contribution in [-0.4, -0.2) is 38.9 Å². The number of aromatic nitrogens is 3. The van der Waals surface area contributed by atoms with Gasteiger partial charge in [0.15, 0.2) is 0 Å². The number of carbonyl (C=O) groups excluding carboxylic acids is 2. The smallest absolute Gasteiger partial charge is 0.378 e. The van der Waals surface area contributed by atoms with Gasteiger partial charge in [-0.1, -0.05) is 6.92 Å². The molecule has 7 nitrogen and oxygen atoms in total. The second-order valence-electron chi connectivity index (χ2n) is 6.24. The molecule has 0 fully saturated rings. The van der Waals surface area contributed by atoms with Gasteiger partial charge in [0.2, 0.25) is 0 Å². The first-order valence-corrected chi connectivity index (χ1v) is 8.09. The molecular weight excluding hydrogens is 298 g/mol. The Morgan fingerprint density at radius 2 is 1.91 bits per heavy atom. The van der Waals surface area contributed by atoms with Gasteiger partial charge < -0.3 is 9.47 Å². The lowest BCUT2D eigenvalue weighted by Crippen LogP contribution is -2.23. The van der Waals surface area contributed by atoms with Crippen molar-refractivity contribution in [3.63, 3.8) is 0 Å². The van der Waals surface area contributed by atoms with Gasteiger partial charge in [-0.05, 0) is 40.5 Å². The summed E-state index contributed by atoms with van der Waals surface area (Å²) in [6, 6.07) is 0. The summed E-state index contributed by atoms with van der Waals surface area (Å²) >= 11 is 0. The predicted octanol–water partition coefficient (Wildman–Crippen LogP) is 2.53. The second-order valence-corrected chi connectivity index (χ2v) is 6.24. The van der Waals surface area contributed by atoms with Crippen molar-refractivity contribution >= 4 is 11.9 Å². The van der Waals surface area contributed by atoms with Crippen LogP contribution in [0.2, 0.25) is 0 Å². The van der Waals surface area contributed by atoms with Crippen molar-refractivity contribution in [2.75, 3.05) is 6.61 Å². The summed E-state index contributed by atoms with van der Waals surface area (Å²) in [7, 11) is 0. The molecule has 0 bridgehead atoms. The first kappa shape index (κ1) is 19.1. The third-order valence-electron chi connectivity index (χ3n) is 2.84. The molecule has 0 atom stereocenters. The van der Waals surface area contributed by atoms with Crippen molar-refractivity contribution in [2.45, 2.75) is 72.4 Å². The van der Waals surface area contributed by atoms with Crippen molar-refractivity contribution in [3.8, 4) is 0 Å². The van der Waals surface area contributed by atoms with Crippen molar-refractivity contribution < 1.29 is 19.1 Å². The van der Waals surface area contributed by atoms with Crippen LogP contribution in [-0.2, 0) is 27.2 Å². The van der Waals surface area contributed by atoms with Gasteiger partial charge in [-0.2, -0.15) is 0 Å². The molecule has 0 saturated carbocycles. The zero-order valence-corrected chi connectivity index (χ0v) is 14.7. The van der Waals surface area contributed by atoms with E-state index in [4.69, 9.17) is 9.47 Å². The Labute approximate surface area is 137 Å². The van der Waals surface area contributed by atoms with Crippen molar-refractivity contribution in [3.05, 3.63) is 11.6 Å². The number of hydrogen-bond donors (Lipinski definition) is 0. The van der Waals surface area contributed by atoms with Crippen LogP contribution in [0.15, 0.2) is 0 Å². The van der Waals surface area contributed by atoms with Gasteiger partial charge in [0.1, 0.15) is 11.4 Å². The maximum Gasteiger partial charge on any atom is 0.378 e. The van der Waals surface area contributed by atoms with Gasteiger partial charge in [-0.25, -0.2) is 14.5 Å². The molecule has 1 rings (SSSR count). The minimum atomic E-state index is -0.518. The van der Waals surface area contributed by atoms with E-state index >= 15 is 0 Å². The van der Waals surface area contributed by atoms with Crippen LogP contribution >= 0.6 is 0 Å². The Balaban J connectivity index is 2.64. The summed E-state index contributed by atoms with van der Waals surface area (Å²) in [5.74, 6) is 0.0199. The third kappa shape index (κ3) is 6.80. The van der Waals surface area contributed by atoms with Gasteiger partial charge in [0.25, 0.3) is 5.82 Å². The third-order valence-corrected chi connectivity index (χ3v) is 2.84. The Morgan fingerprint density at radius 3 is 2.48 bits per heavy atom. The molecule has 0 radical (unpaired) electrons. The molecule has 1 heterocycles. The van der Waals surface area contributed by atoms with E-state index in [-0.39, 0.29) is 18.4 Å². The molecule has 23 heavy (non-hydrogen) atoms. The van der Waals surface area contributed by atoms with Crippen LogP contribution in [0, 0.1) is 0 Å². The number of aryl methyl sites for hydroxylation is 2. The number of hydrogen-bond acceptors (Lipinski definition) is 6. The fourth-order valence-corrected chi connectivity index (χ4v) is 2.02. The van der Waals surface area contributed by atoms with E-state index in [1.165, 1.54) is 0 Å². The van der Waals surface area contributed by atoms with Crippen LogP contribution in [0.25, 0.3) is 0 Å². The SMILES string of the molecule is CCCn1nc(C(=O)OCC)nc1CCCC(=O)OC(C)(C)C. The average Bonchev–Trinajstić information content (AvgIpc) is 2.81. The standard InChI is InChI=1S/C16H27N3O4/c1-6-11-19-12(17-14(18-19)15(21)22-7-2)9-8-10-13(20)23-16(3,4)5/h6-11H2,1-5H3. The van der Waals surface area contributed by atoms with E-state index in [1.54, 1.807) is 11.6 Å². The zero-order valence-electron chi connectivity index (χ0n) is 14.7. The van der Waals surface area contributed by atoms with Crippen LogP contribution in [0.4, 0.5) is 0 Å². The molecule has 0 saturated heterocycles. The maximum absolute atomic E-state index is 11.7. The van der Waals surface area contributed by atoms with Crippen LogP contribution in [0.1, 0.15) is 70.3 Å². The quantitative estimate of drug-likeness (QED) is 0.683. The molecular formula is C16H27N3O4. The summed E-state index contributed by atoms with van der Waals surface area (Å²) in [6.45, 7) is 10.2. The van der Waals surface area contributed by atoms with E-state index in [2.05, 4.69) is 10.1 Å². The maximum atomic E-state index is 11.7. The number of carbonyl (C=O) groups is 2. The van der Waals surface area contributed by atoms with Gasteiger partial charge in [0, 0.05) is 19.4 Å². The summed E-state index contributed by atoms with van der Waals surface area (Å²) in [6.07, 6.45) is 2.35. The highest BCUT2D eigenvalue weighted by molar-refractivity contribution is 5.84. The Kier molecular flexibility index (Phi) is 7.19. The Hall–Kier alpha value is -1.92. The van der Waals surface area contributed by atoms with Crippen LogP contribution in [0.5, 0.6) is 0 Å². The van der Waals surface area contributed by atoms with Gasteiger partial charge in [0.05, 0.1) is 6.61 Å². The zero-order chi connectivity index (χ0) is 17.5. The number of rotatable bonds is 8. The molecule has 0 spiro atoms. The minimum Gasteiger partial charge on any atom is -0.460 e. The summed E-state index contributed by atoms with van der Waals surface area (Å²) in [4.78, 5) is 27.7. The second kappa shape index (κ2) is 8.64. The van der Waals surface area contributed by atoms with Crippen LogP contribution < -0.4 is 0 Å². The van der Waals surface area contributed by atoms with Gasteiger partial charge >= 0.3 is 11.9 Å². The normalized spacial score (nSPS) is 11.3. The molecule has 130 valence electrons. The molecule has 0 aliphatic carbocycles. The highest BCUT2D eigenvalue weighted by Crippen LogP contribution is 2.11. The molecule has 1 aromatic heterocycles. The summed E-state index contributed by atoms with van der Waals surface area (Å²) in [5, 5.41) is 4.19. The monoisotopic (exact) mass is 325 g/mol. The fraction of sp³-hybridized carbons (Fsp3) is 0.750.